The van der Waals surface area contributed by atoms with Crippen molar-refractivity contribution in [1.29, 1.82) is 0 Å². The fraction of sp³-hybridized carbons (Fsp3) is 0.438. The minimum absolute atomic E-state index is 0.103. The number of carbonyl (C=O) groups is 3. The van der Waals surface area contributed by atoms with Gasteiger partial charge in [-0.3, -0.25) is 9.59 Å². The zero-order valence-electron chi connectivity index (χ0n) is 13.6. The number of benzene rings is 1. The fourth-order valence-corrected chi connectivity index (χ4v) is 2.12. The molecule has 25 heavy (non-hydrogen) atoms. The van der Waals surface area contributed by atoms with Crippen molar-refractivity contribution >= 4 is 17.8 Å². The van der Waals surface area contributed by atoms with Crippen LogP contribution >= 0.6 is 0 Å². The summed E-state index contributed by atoms with van der Waals surface area (Å²) in [6.07, 6.45) is -5.07. The first-order valence-corrected chi connectivity index (χ1v) is 7.44. The molecule has 0 saturated heterocycles. The van der Waals surface area contributed by atoms with Crippen molar-refractivity contribution in [1.82, 2.24) is 5.32 Å². The molecule has 2 atom stereocenters. The van der Waals surface area contributed by atoms with Gasteiger partial charge in [-0.1, -0.05) is 19.1 Å². The summed E-state index contributed by atoms with van der Waals surface area (Å²) < 4.78 is 43.6. The van der Waals surface area contributed by atoms with Gasteiger partial charge >= 0.3 is 18.1 Å². The van der Waals surface area contributed by atoms with E-state index in [0.29, 0.717) is 0 Å². The number of nitrogens with one attached hydrogen (secondary N) is 1. The third-order valence-corrected chi connectivity index (χ3v) is 3.36. The van der Waals surface area contributed by atoms with E-state index in [2.05, 4.69) is 0 Å². The van der Waals surface area contributed by atoms with E-state index in [4.69, 9.17) is 9.84 Å². The second kappa shape index (κ2) is 8.50. The zero-order valence-corrected chi connectivity index (χ0v) is 13.6. The normalized spacial score (nSPS) is 13.6. The minimum Gasteiger partial charge on any atom is -0.480 e. The number of carboxylic acid groups (broad SMARTS) is 1. The zero-order chi connectivity index (χ0) is 19.2. The Kier molecular flexibility index (Phi) is 6.96. The first-order valence-electron chi connectivity index (χ1n) is 7.44. The fourth-order valence-electron chi connectivity index (χ4n) is 2.12. The third kappa shape index (κ3) is 5.77. The maximum atomic E-state index is 12.9. The first-order chi connectivity index (χ1) is 11.6. The Morgan fingerprint density at radius 2 is 1.84 bits per heavy atom. The maximum Gasteiger partial charge on any atom is 0.417 e. The average Bonchev–Trinajstić information content (AvgIpc) is 2.53. The molecule has 6 nitrogen and oxygen atoms in total. The van der Waals surface area contributed by atoms with E-state index in [1.165, 1.54) is 13.0 Å². The van der Waals surface area contributed by atoms with Crippen LogP contribution < -0.4 is 5.32 Å². The van der Waals surface area contributed by atoms with E-state index in [0.717, 1.165) is 18.2 Å². The largest absolute Gasteiger partial charge is 0.480 e. The summed E-state index contributed by atoms with van der Waals surface area (Å²) in [4.78, 5) is 35.0. The molecule has 0 heterocycles. The first kappa shape index (κ1) is 20.5. The molecule has 0 bridgehead atoms. The predicted molar refractivity (Wildman–Crippen MR) is 80.7 cm³/mol. The minimum atomic E-state index is -4.76. The maximum absolute atomic E-state index is 12.9. The van der Waals surface area contributed by atoms with Gasteiger partial charge < -0.3 is 15.2 Å². The molecule has 0 aliphatic rings. The number of amides is 1. The highest BCUT2D eigenvalue weighted by atomic mass is 19.4. The summed E-state index contributed by atoms with van der Waals surface area (Å²) in [6, 6.07) is 2.50. The smallest absolute Gasteiger partial charge is 0.417 e. The average molecular weight is 361 g/mol. The Morgan fingerprint density at radius 3 is 2.36 bits per heavy atom. The molecule has 0 fully saturated rings. The van der Waals surface area contributed by atoms with Crippen LogP contribution in [-0.4, -0.2) is 35.6 Å². The Labute approximate surface area is 142 Å². The molecule has 0 aliphatic carbocycles. The number of rotatable bonds is 7. The molecule has 0 saturated carbocycles. The molecule has 1 aromatic carbocycles. The predicted octanol–water partition coefficient (Wildman–Crippen LogP) is 2.48. The standard InChI is InChI=1S/C16H18F3NO5/c1-3-25-15(24)9(2)8-12(14(22)23)20-13(21)10-6-4-5-7-11(10)16(17,18)19/h4-7,9,12H,3,8H2,1-2H3,(H,20,21)(H,22,23)/t9-,12+/m1/s1. The van der Waals surface area contributed by atoms with Crippen molar-refractivity contribution in [3.05, 3.63) is 35.4 Å². The molecular formula is C16H18F3NO5. The highest BCUT2D eigenvalue weighted by Crippen LogP contribution is 2.31. The summed E-state index contributed by atoms with van der Waals surface area (Å²) in [5, 5.41) is 11.2. The topological polar surface area (TPSA) is 92.7 Å². The van der Waals surface area contributed by atoms with Gasteiger partial charge in [0, 0.05) is 0 Å². The van der Waals surface area contributed by atoms with Crippen LogP contribution in [0, 0.1) is 5.92 Å². The van der Waals surface area contributed by atoms with Crippen molar-refractivity contribution in [2.75, 3.05) is 6.61 Å². The van der Waals surface area contributed by atoms with Crippen LogP contribution in [0.2, 0.25) is 0 Å². The number of carbonyl (C=O) groups excluding carboxylic acids is 2. The molecule has 1 amide bonds. The van der Waals surface area contributed by atoms with Gasteiger partial charge in [0.05, 0.1) is 23.7 Å². The summed E-state index contributed by atoms with van der Waals surface area (Å²) in [5.74, 6) is -4.15. The van der Waals surface area contributed by atoms with Gasteiger partial charge in [0.1, 0.15) is 6.04 Å². The van der Waals surface area contributed by atoms with Crippen LogP contribution in [0.1, 0.15) is 36.2 Å². The molecule has 1 aromatic rings. The van der Waals surface area contributed by atoms with Crippen LogP contribution in [0.15, 0.2) is 24.3 Å². The lowest BCUT2D eigenvalue weighted by atomic mass is 10.0. The van der Waals surface area contributed by atoms with Gasteiger partial charge in [0.2, 0.25) is 0 Å². The number of carboxylic acids is 1. The van der Waals surface area contributed by atoms with Gasteiger partial charge in [-0.25, -0.2) is 4.79 Å². The van der Waals surface area contributed by atoms with Gasteiger partial charge in [-0.15, -0.1) is 0 Å². The Bertz CT molecular complexity index is 645. The van der Waals surface area contributed by atoms with Crippen molar-refractivity contribution in [3.63, 3.8) is 0 Å². The quantitative estimate of drug-likeness (QED) is 0.728. The number of esters is 1. The molecule has 2 N–H and O–H groups in total. The second-order valence-corrected chi connectivity index (χ2v) is 5.30. The Balaban J connectivity index is 2.95. The molecule has 0 spiro atoms. The van der Waals surface area contributed by atoms with E-state index in [9.17, 15) is 27.6 Å². The second-order valence-electron chi connectivity index (χ2n) is 5.30. The van der Waals surface area contributed by atoms with Gasteiger partial charge in [0.25, 0.3) is 5.91 Å². The van der Waals surface area contributed by atoms with Crippen LogP contribution in [0.4, 0.5) is 13.2 Å². The van der Waals surface area contributed by atoms with E-state index >= 15 is 0 Å². The van der Waals surface area contributed by atoms with E-state index in [-0.39, 0.29) is 13.0 Å². The van der Waals surface area contributed by atoms with Crippen LogP contribution in [0.5, 0.6) is 0 Å². The monoisotopic (exact) mass is 361 g/mol. The van der Waals surface area contributed by atoms with Crippen LogP contribution in [0.25, 0.3) is 0 Å². The van der Waals surface area contributed by atoms with Crippen molar-refractivity contribution in [3.8, 4) is 0 Å². The lowest BCUT2D eigenvalue weighted by Gasteiger charge is -2.19. The van der Waals surface area contributed by atoms with E-state index in [1.807, 2.05) is 5.32 Å². The van der Waals surface area contributed by atoms with Gasteiger partial charge in [-0.2, -0.15) is 13.2 Å². The van der Waals surface area contributed by atoms with Gasteiger partial charge in [-0.05, 0) is 25.5 Å². The summed E-state index contributed by atoms with van der Waals surface area (Å²) in [6.45, 7) is 3.09. The Morgan fingerprint density at radius 1 is 1.24 bits per heavy atom. The van der Waals surface area contributed by atoms with Gasteiger partial charge in [0.15, 0.2) is 0 Å². The lowest BCUT2D eigenvalue weighted by molar-refractivity contribution is -0.148. The third-order valence-electron chi connectivity index (χ3n) is 3.36. The van der Waals surface area contributed by atoms with Crippen molar-refractivity contribution < 1.29 is 37.4 Å². The van der Waals surface area contributed by atoms with Crippen molar-refractivity contribution in [2.24, 2.45) is 5.92 Å². The molecule has 0 unspecified atom stereocenters. The number of hydrogen-bond acceptors (Lipinski definition) is 4. The molecule has 0 aromatic heterocycles. The lowest BCUT2D eigenvalue weighted by Crippen LogP contribution is -2.43. The summed E-state index contributed by atoms with van der Waals surface area (Å²) >= 11 is 0. The molecule has 1 rings (SSSR count). The van der Waals surface area contributed by atoms with E-state index < -0.39 is 47.1 Å². The molecule has 9 heteroatoms. The number of halogens is 3. The Hall–Kier alpha value is -2.58. The molecule has 0 radical (unpaired) electrons. The van der Waals surface area contributed by atoms with Crippen LogP contribution in [-0.2, 0) is 20.5 Å². The molecule has 0 aliphatic heterocycles. The van der Waals surface area contributed by atoms with Crippen molar-refractivity contribution in [2.45, 2.75) is 32.5 Å². The number of hydrogen-bond donors (Lipinski definition) is 2. The number of ether oxygens (including phenoxy) is 1. The SMILES string of the molecule is CCOC(=O)[C@H](C)C[C@H](NC(=O)c1ccccc1C(F)(F)F)C(=O)O. The number of alkyl halides is 3. The van der Waals surface area contributed by atoms with E-state index in [1.54, 1.807) is 6.92 Å². The summed E-state index contributed by atoms with van der Waals surface area (Å²) in [5.41, 5.74) is -1.86. The molecule has 138 valence electrons. The molecular weight excluding hydrogens is 343 g/mol. The highest BCUT2D eigenvalue weighted by molar-refractivity contribution is 5.98. The number of aliphatic carboxylic acids is 1. The van der Waals surface area contributed by atoms with Crippen LogP contribution in [0.3, 0.4) is 0 Å². The summed E-state index contributed by atoms with van der Waals surface area (Å²) in [7, 11) is 0. The highest BCUT2D eigenvalue weighted by Gasteiger charge is 2.36.